The first kappa shape index (κ1) is 21.2. The summed E-state index contributed by atoms with van der Waals surface area (Å²) in [5, 5.41) is 10.6. The molecule has 0 aliphatic carbocycles. The van der Waals surface area contributed by atoms with Crippen LogP contribution < -0.4 is 0 Å². The van der Waals surface area contributed by atoms with Crippen LogP contribution in [0.1, 0.15) is 59.6 Å². The first-order valence-corrected chi connectivity index (χ1v) is 11.1. The van der Waals surface area contributed by atoms with E-state index in [0.717, 1.165) is 33.3 Å². The van der Waals surface area contributed by atoms with Gasteiger partial charge in [0.05, 0.1) is 5.56 Å². The number of aromatic nitrogens is 1. The van der Waals surface area contributed by atoms with Gasteiger partial charge >= 0.3 is 12.0 Å². The van der Waals surface area contributed by atoms with Gasteiger partial charge in [-0.2, -0.15) is 0 Å². The lowest BCUT2D eigenvalue weighted by molar-refractivity contribution is -0.127. The van der Waals surface area contributed by atoms with E-state index in [4.69, 9.17) is 0 Å². The molecule has 3 aromatic rings. The third-order valence-electron chi connectivity index (χ3n) is 6.86. The molecule has 7 heteroatoms. The molecule has 1 atom stereocenters. The highest BCUT2D eigenvalue weighted by Gasteiger charge is 2.48. The number of urea groups is 1. The van der Waals surface area contributed by atoms with E-state index in [1.165, 1.54) is 4.90 Å². The largest absolute Gasteiger partial charge is 0.478 e. The molecule has 0 radical (unpaired) electrons. The van der Waals surface area contributed by atoms with Crippen molar-refractivity contribution in [3.8, 4) is 0 Å². The van der Waals surface area contributed by atoms with Crippen LogP contribution in [-0.4, -0.2) is 51.0 Å². The maximum absolute atomic E-state index is 13.0. The molecule has 0 bridgehead atoms. The number of nitrogens with zero attached hydrogens (tertiary/aromatic N) is 3. The number of amides is 3. The highest BCUT2D eigenvalue weighted by atomic mass is 16.4. The van der Waals surface area contributed by atoms with E-state index in [1.807, 2.05) is 57.2 Å². The Morgan fingerprint density at radius 2 is 1.85 bits per heavy atom. The lowest BCUT2D eigenvalue weighted by Gasteiger charge is -2.28. The van der Waals surface area contributed by atoms with Crippen molar-refractivity contribution < 1.29 is 19.5 Å². The number of carboxylic acid groups (broad SMARTS) is 1. The molecule has 5 rings (SSSR count). The van der Waals surface area contributed by atoms with E-state index in [1.54, 1.807) is 18.0 Å². The van der Waals surface area contributed by atoms with Gasteiger partial charge in [-0.25, -0.2) is 9.59 Å². The number of carbonyl (C=O) groups excluding carboxylic acids is 2. The Kier molecular flexibility index (Phi) is 4.64. The molecule has 3 amide bonds. The van der Waals surface area contributed by atoms with Crippen molar-refractivity contribution in [3.05, 3.63) is 70.4 Å². The van der Waals surface area contributed by atoms with Crippen LogP contribution in [0.3, 0.4) is 0 Å². The second kappa shape index (κ2) is 7.20. The number of hydrogen-bond donors (Lipinski definition) is 1. The van der Waals surface area contributed by atoms with E-state index in [0.29, 0.717) is 25.1 Å². The first-order chi connectivity index (χ1) is 15.6. The zero-order chi connectivity index (χ0) is 23.7. The van der Waals surface area contributed by atoms with Crippen LogP contribution in [0.5, 0.6) is 0 Å². The van der Waals surface area contributed by atoms with Gasteiger partial charge in [0.15, 0.2) is 0 Å². The molecule has 170 valence electrons. The summed E-state index contributed by atoms with van der Waals surface area (Å²) in [4.78, 5) is 40.2. The molecule has 2 aliphatic rings. The molecule has 7 nitrogen and oxygen atoms in total. The molecule has 1 saturated heterocycles. The molecule has 0 saturated carbocycles. The fourth-order valence-corrected chi connectivity index (χ4v) is 5.26. The summed E-state index contributed by atoms with van der Waals surface area (Å²) in [6, 6.07) is 12.7. The van der Waals surface area contributed by atoms with Crippen molar-refractivity contribution in [1.29, 1.82) is 0 Å². The number of rotatable bonds is 3. The third kappa shape index (κ3) is 3.14. The monoisotopic (exact) mass is 445 g/mol. The number of fused-ring (bicyclic) bond motifs is 5. The van der Waals surface area contributed by atoms with Gasteiger partial charge in [0.2, 0.25) is 0 Å². The molecular formula is C26H27N3O4. The number of carboxylic acids is 1. The topological polar surface area (TPSA) is 82.8 Å². The number of benzene rings is 2. The minimum Gasteiger partial charge on any atom is -0.478 e. The summed E-state index contributed by atoms with van der Waals surface area (Å²) in [6.07, 6.45) is 0.659. The Hall–Kier alpha value is -3.61. The van der Waals surface area contributed by atoms with Crippen LogP contribution in [-0.2, 0) is 23.2 Å². The van der Waals surface area contributed by atoms with Crippen LogP contribution in [0.4, 0.5) is 4.79 Å². The van der Waals surface area contributed by atoms with Gasteiger partial charge in [-0.05, 0) is 28.7 Å². The molecule has 3 heterocycles. The van der Waals surface area contributed by atoms with Crippen LogP contribution >= 0.6 is 0 Å². The summed E-state index contributed by atoms with van der Waals surface area (Å²) in [7, 11) is 1.54. The Bertz CT molecular complexity index is 1330. The molecule has 2 aliphatic heterocycles. The number of imide groups is 1. The van der Waals surface area contributed by atoms with Gasteiger partial charge in [0.25, 0.3) is 5.91 Å². The third-order valence-corrected chi connectivity index (χ3v) is 6.86. The summed E-state index contributed by atoms with van der Waals surface area (Å²) >= 11 is 0. The van der Waals surface area contributed by atoms with Gasteiger partial charge in [-0.3, -0.25) is 9.69 Å². The molecule has 1 N–H and O–H groups in total. The van der Waals surface area contributed by atoms with Gasteiger partial charge in [0.1, 0.15) is 6.04 Å². The molecule has 0 spiro atoms. The Balaban J connectivity index is 1.66. The van der Waals surface area contributed by atoms with Crippen molar-refractivity contribution in [3.63, 3.8) is 0 Å². The Morgan fingerprint density at radius 3 is 2.55 bits per heavy atom. The zero-order valence-electron chi connectivity index (χ0n) is 19.3. The molecule has 1 aromatic heterocycles. The van der Waals surface area contributed by atoms with Crippen molar-refractivity contribution in [2.75, 3.05) is 13.6 Å². The fraction of sp³-hybridized carbons (Fsp3) is 0.346. The normalized spacial score (nSPS) is 18.1. The minimum atomic E-state index is -0.927. The van der Waals surface area contributed by atoms with E-state index in [9.17, 15) is 19.5 Å². The van der Waals surface area contributed by atoms with Crippen molar-refractivity contribution >= 4 is 28.8 Å². The number of likely N-dealkylation sites (N-methyl/N-ethyl adjacent to an activating group) is 1. The van der Waals surface area contributed by atoms with E-state index < -0.39 is 12.0 Å². The first-order valence-electron chi connectivity index (χ1n) is 11.1. The molecule has 1 unspecified atom stereocenters. The lowest BCUT2D eigenvalue weighted by atomic mass is 9.82. The molecule has 1 fully saturated rings. The van der Waals surface area contributed by atoms with Gasteiger partial charge < -0.3 is 14.6 Å². The van der Waals surface area contributed by atoms with E-state index >= 15 is 0 Å². The van der Waals surface area contributed by atoms with Gasteiger partial charge in [0, 0.05) is 48.7 Å². The van der Waals surface area contributed by atoms with Gasteiger partial charge in [-0.1, -0.05) is 51.1 Å². The van der Waals surface area contributed by atoms with E-state index in [2.05, 4.69) is 4.57 Å². The predicted octanol–water partition coefficient (Wildman–Crippen LogP) is 4.18. The predicted molar refractivity (Wildman–Crippen MR) is 124 cm³/mol. The van der Waals surface area contributed by atoms with Crippen LogP contribution in [0.25, 0.3) is 10.9 Å². The SMILES string of the molecule is CN1C(=O)C2c3c(n(Cc4ccc(C(=O)O)c(C(C)(C)C)c4)c4ccccc34)CCN2C1=O. The second-order valence-electron chi connectivity index (χ2n) is 9.92. The summed E-state index contributed by atoms with van der Waals surface area (Å²) in [6.45, 7) is 7.09. The van der Waals surface area contributed by atoms with Crippen LogP contribution in [0.2, 0.25) is 0 Å². The van der Waals surface area contributed by atoms with Crippen LogP contribution in [0.15, 0.2) is 42.5 Å². The maximum atomic E-state index is 13.0. The van der Waals surface area contributed by atoms with Crippen molar-refractivity contribution in [2.45, 2.75) is 45.2 Å². The maximum Gasteiger partial charge on any atom is 0.335 e. The Labute approximate surface area is 192 Å². The smallest absolute Gasteiger partial charge is 0.335 e. The quantitative estimate of drug-likeness (QED) is 0.613. The zero-order valence-corrected chi connectivity index (χ0v) is 19.3. The summed E-state index contributed by atoms with van der Waals surface area (Å²) in [5.41, 5.74) is 4.79. The number of aromatic carboxylic acids is 1. The molecular weight excluding hydrogens is 418 g/mol. The lowest BCUT2D eigenvalue weighted by Crippen LogP contribution is -2.36. The van der Waals surface area contributed by atoms with Gasteiger partial charge in [-0.15, -0.1) is 0 Å². The summed E-state index contributed by atoms with van der Waals surface area (Å²) in [5.74, 6) is -1.12. The van der Waals surface area contributed by atoms with Crippen molar-refractivity contribution in [2.24, 2.45) is 0 Å². The highest BCUT2D eigenvalue weighted by molar-refractivity contribution is 6.07. The fourth-order valence-electron chi connectivity index (χ4n) is 5.26. The second-order valence-corrected chi connectivity index (χ2v) is 9.92. The molecule has 33 heavy (non-hydrogen) atoms. The summed E-state index contributed by atoms with van der Waals surface area (Å²) < 4.78 is 2.22. The minimum absolute atomic E-state index is 0.190. The highest BCUT2D eigenvalue weighted by Crippen LogP contribution is 2.42. The number of hydrogen-bond acceptors (Lipinski definition) is 3. The van der Waals surface area contributed by atoms with E-state index in [-0.39, 0.29) is 17.4 Å². The average Bonchev–Trinajstić information content (AvgIpc) is 3.20. The number of para-hydroxylation sites is 1. The standard InChI is InChI=1S/C26H27N3O4/c1-26(2,3)18-13-15(9-10-16(18)24(31)32)14-29-19-8-6-5-7-17(19)21-20(29)11-12-28-22(21)23(30)27(4)25(28)33/h5-10,13,22H,11-12,14H2,1-4H3,(H,31,32). The Morgan fingerprint density at radius 1 is 1.12 bits per heavy atom. The van der Waals surface area contributed by atoms with Crippen LogP contribution in [0, 0.1) is 0 Å². The number of carbonyl (C=O) groups is 3. The average molecular weight is 446 g/mol. The van der Waals surface area contributed by atoms with Crippen molar-refractivity contribution in [1.82, 2.24) is 14.4 Å². The molecule has 2 aromatic carbocycles.